The van der Waals surface area contributed by atoms with Crippen molar-refractivity contribution in [1.82, 2.24) is 14.8 Å². The molecule has 0 aliphatic heterocycles. The van der Waals surface area contributed by atoms with Crippen molar-refractivity contribution in [3.05, 3.63) is 75.2 Å². The van der Waals surface area contributed by atoms with E-state index in [1.807, 2.05) is 47.8 Å². The van der Waals surface area contributed by atoms with Gasteiger partial charge in [0.25, 0.3) is 0 Å². The van der Waals surface area contributed by atoms with Gasteiger partial charge in [0.05, 0.1) is 11.4 Å². The van der Waals surface area contributed by atoms with Gasteiger partial charge in [-0.25, -0.2) is 9.67 Å². The minimum atomic E-state index is -0.430. The van der Waals surface area contributed by atoms with Gasteiger partial charge in [0.1, 0.15) is 5.01 Å². The van der Waals surface area contributed by atoms with Gasteiger partial charge in [-0.1, -0.05) is 53.4 Å². The van der Waals surface area contributed by atoms with E-state index in [4.69, 9.17) is 18.0 Å². The summed E-state index contributed by atoms with van der Waals surface area (Å²) in [7, 11) is 0. The molecule has 0 aliphatic carbocycles. The Morgan fingerprint density at radius 1 is 1.14 bits per heavy atom. The van der Waals surface area contributed by atoms with Crippen molar-refractivity contribution < 1.29 is 4.79 Å². The van der Waals surface area contributed by atoms with Crippen LogP contribution in [0.25, 0.3) is 16.3 Å². The molecule has 4 aromatic rings. The molecule has 28 heavy (non-hydrogen) atoms. The first-order valence-electron chi connectivity index (χ1n) is 8.23. The van der Waals surface area contributed by atoms with Gasteiger partial charge < -0.3 is 5.73 Å². The summed E-state index contributed by atoms with van der Waals surface area (Å²) in [5.41, 5.74) is 8.69. The zero-order valence-electron chi connectivity index (χ0n) is 14.4. The van der Waals surface area contributed by atoms with Crippen LogP contribution >= 0.6 is 46.7 Å². The van der Waals surface area contributed by atoms with E-state index in [2.05, 4.69) is 10.1 Å². The second-order valence-corrected chi connectivity index (χ2v) is 9.46. The van der Waals surface area contributed by atoms with Crippen molar-refractivity contribution in [1.29, 1.82) is 0 Å². The second-order valence-electron chi connectivity index (χ2n) is 5.76. The van der Waals surface area contributed by atoms with Crippen molar-refractivity contribution in [3.8, 4) is 16.3 Å². The summed E-state index contributed by atoms with van der Waals surface area (Å²) in [6.45, 7) is 0. The van der Waals surface area contributed by atoms with E-state index in [0.29, 0.717) is 11.3 Å². The van der Waals surface area contributed by atoms with Gasteiger partial charge in [-0.05, 0) is 36.5 Å². The van der Waals surface area contributed by atoms with Gasteiger partial charge >= 0.3 is 0 Å². The molecule has 0 fully saturated rings. The minimum absolute atomic E-state index is 0.430. The number of primary amides is 1. The van der Waals surface area contributed by atoms with Gasteiger partial charge in [0.15, 0.2) is 8.29 Å². The third-order valence-corrected chi connectivity index (χ3v) is 7.18. The first kappa shape index (κ1) is 19.0. The number of carbonyl (C=O) groups excluding carboxylic acids is 1. The summed E-state index contributed by atoms with van der Waals surface area (Å²) < 4.78 is 3.42. The fourth-order valence-corrected chi connectivity index (χ4v) is 5.66. The Balaban J connectivity index is 1.45. The summed E-state index contributed by atoms with van der Waals surface area (Å²) in [5.74, 6) is 0.285. The summed E-state index contributed by atoms with van der Waals surface area (Å²) in [6.07, 6.45) is 0. The van der Waals surface area contributed by atoms with Crippen molar-refractivity contribution in [2.24, 2.45) is 5.73 Å². The van der Waals surface area contributed by atoms with Crippen LogP contribution in [0.5, 0.6) is 0 Å². The first-order chi connectivity index (χ1) is 13.6. The summed E-state index contributed by atoms with van der Waals surface area (Å²) in [6, 6.07) is 17.0. The summed E-state index contributed by atoms with van der Waals surface area (Å²) in [5, 5.41) is 7.56. The normalized spacial score (nSPS) is 10.9. The molecule has 1 amide bonds. The fraction of sp³-hybridized carbons (Fsp3) is 0.0526. The van der Waals surface area contributed by atoms with Crippen LogP contribution in [0, 0.1) is 3.95 Å². The number of nitrogens with zero attached hydrogens (tertiary/aromatic N) is 3. The molecule has 0 bridgehead atoms. The SMILES string of the molecule is NC(=O)c1ccc(-c2nc(CSc3nn(-c4ccccc4)c(=S)s3)cs2)cc1. The van der Waals surface area contributed by atoms with Gasteiger partial charge in [0.2, 0.25) is 5.91 Å². The molecule has 140 valence electrons. The standard InChI is InChI=1S/C19H14N4OS4/c20-16(24)12-6-8-13(9-7-12)17-21-14(10-26-17)11-27-18-22-23(19(25)28-18)15-4-2-1-3-5-15/h1-10H,11H2,(H2,20,24). The molecule has 5 nitrogen and oxygen atoms in total. The number of carbonyl (C=O) groups is 1. The number of rotatable bonds is 6. The average molecular weight is 443 g/mol. The third-order valence-electron chi connectivity index (χ3n) is 3.84. The average Bonchev–Trinajstić information content (AvgIpc) is 3.34. The smallest absolute Gasteiger partial charge is 0.248 e. The Morgan fingerprint density at radius 2 is 1.89 bits per heavy atom. The lowest BCUT2D eigenvalue weighted by atomic mass is 10.1. The molecule has 9 heteroatoms. The number of hydrogen-bond acceptors (Lipinski definition) is 7. The highest BCUT2D eigenvalue weighted by Gasteiger charge is 2.10. The third kappa shape index (κ3) is 4.22. The number of amides is 1. The molecule has 2 aromatic heterocycles. The first-order valence-corrected chi connectivity index (χ1v) is 11.3. The monoisotopic (exact) mass is 442 g/mol. The summed E-state index contributed by atoms with van der Waals surface area (Å²) in [4.78, 5) is 15.9. The lowest BCUT2D eigenvalue weighted by Gasteiger charge is -1.99. The highest BCUT2D eigenvalue weighted by atomic mass is 32.2. The topological polar surface area (TPSA) is 73.8 Å². The molecule has 0 aliphatic rings. The maximum Gasteiger partial charge on any atom is 0.248 e. The van der Waals surface area contributed by atoms with E-state index in [-0.39, 0.29) is 0 Å². The number of thiazole rings is 1. The minimum Gasteiger partial charge on any atom is -0.366 e. The van der Waals surface area contributed by atoms with E-state index in [9.17, 15) is 4.79 Å². The lowest BCUT2D eigenvalue weighted by molar-refractivity contribution is 0.100. The van der Waals surface area contributed by atoms with E-state index < -0.39 is 5.91 Å². The Morgan fingerprint density at radius 3 is 2.61 bits per heavy atom. The van der Waals surface area contributed by atoms with Crippen LogP contribution < -0.4 is 5.73 Å². The van der Waals surface area contributed by atoms with Crippen molar-refractivity contribution >= 4 is 52.6 Å². The van der Waals surface area contributed by atoms with Crippen LogP contribution in [-0.2, 0) is 5.75 Å². The van der Waals surface area contributed by atoms with Gasteiger partial charge in [-0.3, -0.25) is 4.79 Å². The van der Waals surface area contributed by atoms with Crippen LogP contribution in [0.15, 0.2) is 64.3 Å². The Kier molecular flexibility index (Phi) is 5.67. The molecule has 0 radical (unpaired) electrons. The molecule has 2 aromatic carbocycles. The highest BCUT2D eigenvalue weighted by molar-refractivity contribution is 8.00. The second kappa shape index (κ2) is 8.36. The molecule has 0 saturated heterocycles. The molecule has 0 spiro atoms. The number of nitrogens with two attached hydrogens (primary N) is 1. The molecular weight excluding hydrogens is 429 g/mol. The largest absolute Gasteiger partial charge is 0.366 e. The van der Waals surface area contributed by atoms with E-state index in [0.717, 1.165) is 30.2 Å². The van der Waals surface area contributed by atoms with Crippen LogP contribution in [0.4, 0.5) is 0 Å². The molecule has 0 atom stereocenters. The highest BCUT2D eigenvalue weighted by Crippen LogP contribution is 2.30. The van der Waals surface area contributed by atoms with E-state index in [1.165, 1.54) is 11.3 Å². The number of thioether (sulfide) groups is 1. The number of aromatic nitrogens is 3. The molecule has 2 N–H and O–H groups in total. The van der Waals surface area contributed by atoms with E-state index in [1.54, 1.807) is 39.9 Å². The van der Waals surface area contributed by atoms with Gasteiger partial charge in [0, 0.05) is 22.3 Å². The van der Waals surface area contributed by atoms with Crippen LogP contribution in [0.3, 0.4) is 0 Å². The Labute approximate surface area is 178 Å². The predicted octanol–water partition coefficient (Wildman–Crippen LogP) is 5.18. The zero-order chi connectivity index (χ0) is 19.5. The quantitative estimate of drug-likeness (QED) is 0.329. The van der Waals surface area contributed by atoms with Gasteiger partial charge in [-0.2, -0.15) is 0 Å². The maximum absolute atomic E-state index is 11.2. The molecule has 0 unspecified atom stereocenters. The Bertz CT molecular complexity index is 1160. The molecular formula is C19H14N4OS4. The van der Waals surface area contributed by atoms with Crippen LogP contribution in [-0.4, -0.2) is 20.7 Å². The summed E-state index contributed by atoms with van der Waals surface area (Å²) >= 11 is 10.1. The van der Waals surface area contributed by atoms with Crippen molar-refractivity contribution in [2.45, 2.75) is 10.1 Å². The lowest BCUT2D eigenvalue weighted by Crippen LogP contribution is -2.10. The van der Waals surface area contributed by atoms with Gasteiger partial charge in [-0.15, -0.1) is 16.4 Å². The van der Waals surface area contributed by atoms with E-state index >= 15 is 0 Å². The molecule has 0 saturated carbocycles. The molecule has 2 heterocycles. The van der Waals surface area contributed by atoms with Crippen molar-refractivity contribution in [3.63, 3.8) is 0 Å². The number of benzene rings is 2. The number of hydrogen-bond donors (Lipinski definition) is 1. The zero-order valence-corrected chi connectivity index (χ0v) is 17.7. The number of para-hydroxylation sites is 1. The Hall–Kier alpha value is -2.33. The molecule has 4 rings (SSSR count). The predicted molar refractivity (Wildman–Crippen MR) is 118 cm³/mol. The van der Waals surface area contributed by atoms with Crippen LogP contribution in [0.1, 0.15) is 16.1 Å². The van der Waals surface area contributed by atoms with Crippen molar-refractivity contribution in [2.75, 3.05) is 0 Å². The maximum atomic E-state index is 11.2. The van der Waals surface area contributed by atoms with Crippen LogP contribution in [0.2, 0.25) is 0 Å². The fourth-order valence-electron chi connectivity index (χ4n) is 2.47.